The molecule has 1 saturated heterocycles. The Morgan fingerprint density at radius 1 is 1.36 bits per heavy atom. The number of nitrogens with zero attached hydrogens (tertiary/aromatic N) is 1. The van der Waals surface area contributed by atoms with Crippen molar-refractivity contribution in [2.75, 3.05) is 23.4 Å². The van der Waals surface area contributed by atoms with Crippen molar-refractivity contribution < 1.29 is 18.0 Å². The number of rotatable bonds is 5. The smallest absolute Gasteiger partial charge is 0.239 e. The zero-order valence-electron chi connectivity index (χ0n) is 14.6. The molecule has 0 radical (unpaired) electrons. The summed E-state index contributed by atoms with van der Waals surface area (Å²) in [5.74, 6) is -0.800. The molecule has 1 aliphatic heterocycles. The maximum atomic E-state index is 12.9. The van der Waals surface area contributed by atoms with Gasteiger partial charge in [0.05, 0.1) is 11.5 Å². The van der Waals surface area contributed by atoms with Gasteiger partial charge in [-0.2, -0.15) is 0 Å². The second kappa shape index (κ2) is 7.33. The monoisotopic (exact) mass is 386 g/mol. The minimum atomic E-state index is -3.11. The van der Waals surface area contributed by atoms with Crippen LogP contribution in [0.25, 0.3) is 0 Å². The average molecular weight is 387 g/mol. The van der Waals surface area contributed by atoms with E-state index in [1.165, 1.54) is 4.90 Å². The molecule has 6 nitrogen and oxygen atoms in total. The number of anilines is 1. The Labute approximate surface area is 153 Å². The van der Waals surface area contributed by atoms with Crippen molar-refractivity contribution in [3.05, 3.63) is 29.3 Å². The highest BCUT2D eigenvalue weighted by atomic mass is 35.5. The topological polar surface area (TPSA) is 83.6 Å². The number of carbonyl (C=O) groups excluding carboxylic acids is 2. The Bertz CT molecular complexity index is 777. The third-order valence-corrected chi connectivity index (χ3v) is 6.42. The zero-order valence-corrected chi connectivity index (χ0v) is 16.2. The lowest BCUT2D eigenvalue weighted by molar-refractivity contribution is -0.147. The molecule has 1 atom stereocenters. The molecule has 2 amide bonds. The lowest BCUT2D eigenvalue weighted by Gasteiger charge is -2.34. The molecule has 0 spiro atoms. The van der Waals surface area contributed by atoms with E-state index < -0.39 is 21.2 Å². The summed E-state index contributed by atoms with van der Waals surface area (Å²) in [5, 5.41) is 3.18. The second-order valence-electron chi connectivity index (χ2n) is 6.74. The highest BCUT2D eigenvalue weighted by molar-refractivity contribution is 7.91. The van der Waals surface area contributed by atoms with Gasteiger partial charge < -0.3 is 10.2 Å². The van der Waals surface area contributed by atoms with Crippen molar-refractivity contribution in [3.63, 3.8) is 0 Å². The Kier molecular flexibility index (Phi) is 5.79. The van der Waals surface area contributed by atoms with Gasteiger partial charge in [-0.15, -0.1) is 0 Å². The Balaban J connectivity index is 2.15. The van der Waals surface area contributed by atoms with Crippen molar-refractivity contribution in [2.45, 2.75) is 33.2 Å². The first-order chi connectivity index (χ1) is 11.6. The number of amides is 2. The quantitative estimate of drug-likeness (QED) is 0.787. The minimum Gasteiger partial charge on any atom is -0.338 e. The van der Waals surface area contributed by atoms with Crippen molar-refractivity contribution in [1.29, 1.82) is 0 Å². The zero-order chi connectivity index (χ0) is 18.8. The van der Waals surface area contributed by atoms with E-state index in [0.29, 0.717) is 23.7 Å². The Morgan fingerprint density at radius 2 is 2.04 bits per heavy atom. The molecule has 0 aromatic heterocycles. The predicted octanol–water partition coefficient (Wildman–Crippen LogP) is 2.34. The molecule has 1 unspecified atom stereocenters. The lowest BCUT2D eigenvalue weighted by Crippen LogP contribution is -2.51. The van der Waals surface area contributed by atoms with Gasteiger partial charge in [-0.05, 0) is 45.4 Å². The molecule has 138 valence electrons. The van der Waals surface area contributed by atoms with E-state index >= 15 is 0 Å². The first kappa shape index (κ1) is 19.7. The largest absolute Gasteiger partial charge is 0.338 e. The summed E-state index contributed by atoms with van der Waals surface area (Å²) in [6.07, 6.45) is 0.411. The van der Waals surface area contributed by atoms with Gasteiger partial charge in [0.2, 0.25) is 11.8 Å². The van der Waals surface area contributed by atoms with Crippen LogP contribution >= 0.6 is 11.6 Å². The number of hydrogen-bond donors (Lipinski definition) is 1. The molecule has 1 fully saturated rings. The van der Waals surface area contributed by atoms with Gasteiger partial charge in [0.15, 0.2) is 9.84 Å². The second-order valence-corrected chi connectivity index (χ2v) is 9.40. The molecule has 8 heteroatoms. The van der Waals surface area contributed by atoms with E-state index in [0.717, 1.165) is 0 Å². The van der Waals surface area contributed by atoms with E-state index in [9.17, 15) is 18.0 Å². The van der Waals surface area contributed by atoms with E-state index in [1.807, 2.05) is 0 Å². The molecule has 2 rings (SSSR count). The molecule has 25 heavy (non-hydrogen) atoms. The third kappa shape index (κ3) is 4.52. The van der Waals surface area contributed by atoms with Gasteiger partial charge in [0.1, 0.15) is 5.41 Å². The molecule has 1 aromatic rings. The van der Waals surface area contributed by atoms with Gasteiger partial charge in [0.25, 0.3) is 0 Å². The summed E-state index contributed by atoms with van der Waals surface area (Å²) < 4.78 is 23.4. The minimum absolute atomic E-state index is 0.0431. The predicted molar refractivity (Wildman–Crippen MR) is 98.3 cm³/mol. The van der Waals surface area contributed by atoms with Crippen LogP contribution in [0.3, 0.4) is 0 Å². The first-order valence-electron chi connectivity index (χ1n) is 8.15. The third-order valence-electron chi connectivity index (χ3n) is 4.44. The number of benzene rings is 1. The fraction of sp³-hybridized carbons (Fsp3) is 0.529. The van der Waals surface area contributed by atoms with Crippen molar-refractivity contribution in [2.24, 2.45) is 5.41 Å². The molecular weight excluding hydrogens is 364 g/mol. The maximum Gasteiger partial charge on any atom is 0.239 e. The summed E-state index contributed by atoms with van der Waals surface area (Å²) in [7, 11) is -3.11. The summed E-state index contributed by atoms with van der Waals surface area (Å²) >= 11 is 5.91. The van der Waals surface area contributed by atoms with Gasteiger partial charge in [-0.25, -0.2) is 8.42 Å². The summed E-state index contributed by atoms with van der Waals surface area (Å²) in [4.78, 5) is 27.1. The van der Waals surface area contributed by atoms with Crippen LogP contribution in [-0.2, 0) is 19.4 Å². The van der Waals surface area contributed by atoms with Crippen LogP contribution in [0.2, 0.25) is 5.02 Å². The van der Waals surface area contributed by atoms with Crippen LogP contribution < -0.4 is 5.32 Å². The number of sulfone groups is 1. The van der Waals surface area contributed by atoms with E-state index in [-0.39, 0.29) is 23.5 Å². The molecule has 1 heterocycles. The van der Waals surface area contributed by atoms with Gasteiger partial charge in [0, 0.05) is 23.3 Å². The van der Waals surface area contributed by atoms with E-state index in [2.05, 4.69) is 5.32 Å². The molecule has 0 saturated carbocycles. The fourth-order valence-corrected chi connectivity index (χ4v) is 4.82. The summed E-state index contributed by atoms with van der Waals surface area (Å²) in [6.45, 7) is 5.23. The summed E-state index contributed by atoms with van der Waals surface area (Å²) in [6, 6.07) is 6.30. The van der Waals surface area contributed by atoms with Crippen LogP contribution in [0.1, 0.15) is 27.2 Å². The molecule has 1 aromatic carbocycles. The number of hydrogen-bond acceptors (Lipinski definition) is 4. The average Bonchev–Trinajstić information content (AvgIpc) is 2.87. The maximum absolute atomic E-state index is 12.9. The highest BCUT2D eigenvalue weighted by Gasteiger charge is 2.43. The Morgan fingerprint density at radius 3 is 2.56 bits per heavy atom. The van der Waals surface area contributed by atoms with Crippen molar-refractivity contribution >= 4 is 38.9 Å². The van der Waals surface area contributed by atoms with Gasteiger partial charge >= 0.3 is 0 Å². The van der Waals surface area contributed by atoms with Crippen LogP contribution in [0.4, 0.5) is 5.69 Å². The van der Waals surface area contributed by atoms with Gasteiger partial charge in [-0.1, -0.05) is 17.7 Å². The van der Waals surface area contributed by atoms with Gasteiger partial charge in [-0.3, -0.25) is 9.59 Å². The fourth-order valence-electron chi connectivity index (χ4n) is 2.90. The van der Waals surface area contributed by atoms with E-state index in [1.54, 1.807) is 45.0 Å². The normalized spacial score (nSPS) is 19.4. The SMILES string of the molecule is CCN(C(=O)C(C)(C)C(=O)Nc1cccc(Cl)c1)C1CCS(=O)(=O)C1. The first-order valence-corrected chi connectivity index (χ1v) is 10.4. The molecule has 0 bridgehead atoms. The summed E-state index contributed by atoms with van der Waals surface area (Å²) in [5.41, 5.74) is -0.824. The van der Waals surface area contributed by atoms with E-state index in [4.69, 9.17) is 11.6 Å². The molecule has 1 N–H and O–H groups in total. The van der Waals surface area contributed by atoms with Crippen molar-refractivity contribution in [3.8, 4) is 0 Å². The molecule has 0 aliphatic carbocycles. The molecular formula is C17H23ClN2O4S. The number of nitrogens with one attached hydrogen (secondary N) is 1. The number of halogens is 1. The molecule has 1 aliphatic rings. The lowest BCUT2D eigenvalue weighted by atomic mass is 9.89. The van der Waals surface area contributed by atoms with Crippen LogP contribution in [0.5, 0.6) is 0 Å². The Hall–Kier alpha value is -1.60. The van der Waals surface area contributed by atoms with Crippen molar-refractivity contribution in [1.82, 2.24) is 4.90 Å². The van der Waals surface area contributed by atoms with Crippen LogP contribution in [-0.4, -0.2) is 49.2 Å². The standard InChI is InChI=1S/C17H23ClN2O4S/c1-4-20(14-8-9-25(23,24)11-14)16(22)17(2,3)15(21)19-13-7-5-6-12(18)10-13/h5-7,10,14H,4,8-9,11H2,1-3H3,(H,19,21). The van der Waals surface area contributed by atoms with Crippen LogP contribution in [0.15, 0.2) is 24.3 Å². The number of carbonyl (C=O) groups is 2. The highest BCUT2D eigenvalue weighted by Crippen LogP contribution is 2.27. The van der Waals surface area contributed by atoms with Crippen LogP contribution in [0, 0.1) is 5.41 Å².